The van der Waals surface area contributed by atoms with Crippen LogP contribution in [-0.4, -0.2) is 58.2 Å². The topological polar surface area (TPSA) is 75.2 Å². The standard InChI is InChI=1S/C23H32N4O3.HI/c1-6-24-23(26-16-19-10-11-20(29-4)15-21(19)30-5)25-13-12-17-8-7-9-18(14-17)22(28)27(2)3;/h7-11,14-15H,6,12-13,16H2,1-5H3,(H2,24,25,26);1H. The second-order valence-corrected chi connectivity index (χ2v) is 6.95. The van der Waals surface area contributed by atoms with Crippen LogP contribution in [0, 0.1) is 0 Å². The number of amides is 1. The number of hydrogen-bond donors (Lipinski definition) is 2. The Morgan fingerprint density at radius 3 is 2.48 bits per heavy atom. The van der Waals surface area contributed by atoms with Crippen LogP contribution < -0.4 is 20.1 Å². The lowest BCUT2D eigenvalue weighted by Crippen LogP contribution is -2.38. The first-order valence-corrected chi connectivity index (χ1v) is 10.0. The average molecular weight is 540 g/mol. The van der Waals surface area contributed by atoms with E-state index >= 15 is 0 Å². The SMILES string of the molecule is CCNC(=NCc1ccc(OC)cc1OC)NCCc1cccc(C(=O)N(C)C)c1.I. The fraction of sp³-hybridized carbons (Fsp3) is 0.391. The number of carbonyl (C=O) groups excluding carboxylic acids is 1. The highest BCUT2D eigenvalue weighted by molar-refractivity contribution is 14.0. The molecule has 2 N–H and O–H groups in total. The number of methoxy groups -OCH3 is 2. The minimum absolute atomic E-state index is 0. The van der Waals surface area contributed by atoms with E-state index < -0.39 is 0 Å². The van der Waals surface area contributed by atoms with Gasteiger partial charge in [-0.05, 0) is 43.2 Å². The molecule has 0 spiro atoms. The number of hydrogen-bond acceptors (Lipinski definition) is 4. The van der Waals surface area contributed by atoms with E-state index in [2.05, 4.69) is 15.6 Å². The van der Waals surface area contributed by atoms with Crippen LogP contribution in [0.25, 0.3) is 0 Å². The summed E-state index contributed by atoms with van der Waals surface area (Å²) in [5, 5.41) is 6.61. The van der Waals surface area contributed by atoms with Crippen molar-refractivity contribution in [2.24, 2.45) is 4.99 Å². The number of guanidine groups is 1. The molecule has 31 heavy (non-hydrogen) atoms. The summed E-state index contributed by atoms with van der Waals surface area (Å²) in [6.45, 7) is 3.97. The first-order valence-electron chi connectivity index (χ1n) is 10.0. The maximum atomic E-state index is 12.1. The Balaban J connectivity index is 0.00000480. The Bertz CT molecular complexity index is 872. The third kappa shape index (κ3) is 8.28. The van der Waals surface area contributed by atoms with Crippen molar-refractivity contribution in [1.82, 2.24) is 15.5 Å². The molecular weight excluding hydrogens is 507 g/mol. The van der Waals surface area contributed by atoms with Crippen LogP contribution in [0.2, 0.25) is 0 Å². The number of aliphatic imine (C=N–C) groups is 1. The molecule has 170 valence electrons. The van der Waals surface area contributed by atoms with Gasteiger partial charge in [0.25, 0.3) is 5.91 Å². The van der Waals surface area contributed by atoms with Crippen molar-refractivity contribution in [2.75, 3.05) is 41.4 Å². The molecule has 0 aromatic heterocycles. The molecule has 0 atom stereocenters. The smallest absolute Gasteiger partial charge is 0.253 e. The number of halogens is 1. The largest absolute Gasteiger partial charge is 0.497 e. The molecule has 0 saturated heterocycles. The lowest BCUT2D eigenvalue weighted by atomic mass is 10.1. The quantitative estimate of drug-likeness (QED) is 0.290. The molecule has 0 aliphatic heterocycles. The third-order valence-corrected chi connectivity index (χ3v) is 4.53. The van der Waals surface area contributed by atoms with E-state index in [9.17, 15) is 4.79 Å². The van der Waals surface area contributed by atoms with Gasteiger partial charge in [-0.1, -0.05) is 12.1 Å². The minimum Gasteiger partial charge on any atom is -0.497 e. The molecule has 7 nitrogen and oxygen atoms in total. The summed E-state index contributed by atoms with van der Waals surface area (Å²) in [6.07, 6.45) is 0.783. The molecule has 0 aliphatic carbocycles. The van der Waals surface area contributed by atoms with E-state index in [0.29, 0.717) is 18.7 Å². The predicted molar refractivity (Wildman–Crippen MR) is 136 cm³/mol. The third-order valence-electron chi connectivity index (χ3n) is 4.53. The van der Waals surface area contributed by atoms with Gasteiger partial charge >= 0.3 is 0 Å². The van der Waals surface area contributed by atoms with E-state index in [1.807, 2.05) is 49.4 Å². The summed E-state index contributed by atoms with van der Waals surface area (Å²) in [4.78, 5) is 18.4. The van der Waals surface area contributed by atoms with Gasteiger partial charge in [-0.25, -0.2) is 4.99 Å². The summed E-state index contributed by atoms with van der Waals surface area (Å²) in [5.41, 5.74) is 2.78. The first-order chi connectivity index (χ1) is 14.5. The maximum Gasteiger partial charge on any atom is 0.253 e. The molecule has 0 unspecified atom stereocenters. The van der Waals surface area contributed by atoms with Crippen LogP contribution in [0.4, 0.5) is 0 Å². The van der Waals surface area contributed by atoms with Gasteiger partial charge in [-0.15, -0.1) is 24.0 Å². The zero-order chi connectivity index (χ0) is 21.9. The predicted octanol–water partition coefficient (Wildman–Crippen LogP) is 3.32. The molecule has 2 rings (SSSR count). The van der Waals surface area contributed by atoms with Crippen LogP contribution in [0.1, 0.15) is 28.4 Å². The van der Waals surface area contributed by atoms with Crippen LogP contribution in [0.5, 0.6) is 11.5 Å². The van der Waals surface area contributed by atoms with Gasteiger partial charge in [0.05, 0.1) is 20.8 Å². The van der Waals surface area contributed by atoms with Gasteiger partial charge in [0.15, 0.2) is 5.96 Å². The molecule has 0 saturated carbocycles. The molecule has 0 heterocycles. The summed E-state index contributed by atoms with van der Waals surface area (Å²) in [6, 6.07) is 13.4. The zero-order valence-corrected chi connectivity index (χ0v) is 21.2. The normalized spacial score (nSPS) is 10.7. The Hall–Kier alpha value is -2.49. The molecule has 2 aromatic rings. The summed E-state index contributed by atoms with van der Waals surface area (Å²) >= 11 is 0. The molecule has 0 radical (unpaired) electrons. The van der Waals surface area contributed by atoms with Crippen molar-refractivity contribution >= 4 is 35.8 Å². The van der Waals surface area contributed by atoms with Crippen LogP contribution in [-0.2, 0) is 13.0 Å². The lowest BCUT2D eigenvalue weighted by molar-refractivity contribution is 0.0827. The number of benzene rings is 2. The van der Waals surface area contributed by atoms with Crippen molar-refractivity contribution in [2.45, 2.75) is 19.9 Å². The number of rotatable bonds is 9. The highest BCUT2D eigenvalue weighted by Crippen LogP contribution is 2.25. The number of nitrogens with zero attached hydrogens (tertiary/aromatic N) is 2. The fourth-order valence-corrected chi connectivity index (χ4v) is 2.93. The van der Waals surface area contributed by atoms with Gasteiger partial charge in [0.2, 0.25) is 0 Å². The maximum absolute atomic E-state index is 12.1. The van der Waals surface area contributed by atoms with E-state index in [0.717, 1.165) is 41.6 Å². The molecule has 2 aromatic carbocycles. The van der Waals surface area contributed by atoms with Crippen LogP contribution >= 0.6 is 24.0 Å². The van der Waals surface area contributed by atoms with E-state index in [1.54, 1.807) is 33.2 Å². The van der Waals surface area contributed by atoms with Crippen LogP contribution in [0.15, 0.2) is 47.5 Å². The van der Waals surface area contributed by atoms with Gasteiger partial charge in [0, 0.05) is 44.4 Å². The minimum atomic E-state index is 0. The average Bonchev–Trinajstić information content (AvgIpc) is 2.76. The molecule has 1 amide bonds. The monoisotopic (exact) mass is 540 g/mol. The van der Waals surface area contributed by atoms with Crippen LogP contribution in [0.3, 0.4) is 0 Å². The Morgan fingerprint density at radius 1 is 1.06 bits per heavy atom. The van der Waals surface area contributed by atoms with Crippen molar-refractivity contribution < 1.29 is 14.3 Å². The molecule has 0 bridgehead atoms. The van der Waals surface area contributed by atoms with Gasteiger partial charge in [-0.3, -0.25) is 4.79 Å². The molecule has 8 heteroatoms. The summed E-state index contributed by atoms with van der Waals surface area (Å²) < 4.78 is 10.7. The molecule has 0 aliphatic rings. The van der Waals surface area contributed by atoms with E-state index in [4.69, 9.17) is 9.47 Å². The number of ether oxygens (including phenoxy) is 2. The number of carbonyl (C=O) groups is 1. The second-order valence-electron chi connectivity index (χ2n) is 6.95. The Kier molecular flexibility index (Phi) is 11.8. The Labute approximate surface area is 202 Å². The summed E-state index contributed by atoms with van der Waals surface area (Å²) in [7, 11) is 6.79. The van der Waals surface area contributed by atoms with Gasteiger partial charge < -0.3 is 25.0 Å². The van der Waals surface area contributed by atoms with Gasteiger partial charge in [-0.2, -0.15) is 0 Å². The van der Waals surface area contributed by atoms with Crippen molar-refractivity contribution in [3.05, 3.63) is 59.2 Å². The van der Waals surface area contributed by atoms with E-state index in [1.165, 1.54) is 0 Å². The zero-order valence-electron chi connectivity index (χ0n) is 18.9. The van der Waals surface area contributed by atoms with E-state index in [-0.39, 0.29) is 29.9 Å². The lowest BCUT2D eigenvalue weighted by Gasteiger charge is -2.14. The van der Waals surface area contributed by atoms with Crippen molar-refractivity contribution in [3.8, 4) is 11.5 Å². The van der Waals surface area contributed by atoms with Gasteiger partial charge in [0.1, 0.15) is 11.5 Å². The molecular formula is C23H33IN4O3. The Morgan fingerprint density at radius 2 is 1.84 bits per heavy atom. The fourth-order valence-electron chi connectivity index (χ4n) is 2.93. The summed E-state index contributed by atoms with van der Waals surface area (Å²) in [5.74, 6) is 2.24. The van der Waals surface area contributed by atoms with Crippen molar-refractivity contribution in [3.63, 3.8) is 0 Å². The second kappa shape index (κ2) is 13.7. The van der Waals surface area contributed by atoms with Crippen molar-refractivity contribution in [1.29, 1.82) is 0 Å². The number of nitrogens with one attached hydrogen (secondary N) is 2. The highest BCUT2D eigenvalue weighted by atomic mass is 127. The highest BCUT2D eigenvalue weighted by Gasteiger charge is 2.09. The first kappa shape index (κ1) is 26.5. The molecule has 0 fully saturated rings.